The number of fused-ring (bicyclic) bond motifs is 1. The van der Waals surface area contributed by atoms with Crippen LogP contribution in [0, 0.1) is 6.92 Å². The Labute approximate surface area is 243 Å². The molecule has 8 nitrogen and oxygen atoms in total. The monoisotopic (exact) mass is 586 g/mol. The quantitative estimate of drug-likeness (QED) is 0.197. The third-order valence-electron chi connectivity index (χ3n) is 6.75. The van der Waals surface area contributed by atoms with E-state index < -0.39 is 10.0 Å². The van der Waals surface area contributed by atoms with E-state index >= 15 is 0 Å². The van der Waals surface area contributed by atoms with Crippen molar-refractivity contribution < 1.29 is 17.9 Å². The minimum Gasteiger partial charge on any atom is -0.494 e. The van der Waals surface area contributed by atoms with Crippen LogP contribution in [0.1, 0.15) is 34.0 Å². The normalized spacial score (nSPS) is 11.6. The summed E-state index contributed by atoms with van der Waals surface area (Å²) in [5, 5.41) is 0.512. The number of methoxy groups -OCH3 is 1. The van der Waals surface area contributed by atoms with Crippen molar-refractivity contribution >= 4 is 42.6 Å². The average molecular weight is 587 g/mol. The molecule has 0 aliphatic rings. The number of anilines is 1. The van der Waals surface area contributed by atoms with Crippen LogP contribution in [-0.4, -0.2) is 42.3 Å². The Balaban J connectivity index is 1.47. The molecule has 2 aromatic heterocycles. The highest BCUT2D eigenvalue weighted by molar-refractivity contribution is 7.89. The molecule has 10 heteroatoms. The Morgan fingerprint density at radius 3 is 2.32 bits per heavy atom. The summed E-state index contributed by atoms with van der Waals surface area (Å²) in [7, 11) is -2.17. The summed E-state index contributed by atoms with van der Waals surface area (Å²) in [5.41, 5.74) is 3.81. The van der Waals surface area contributed by atoms with Gasteiger partial charge in [0, 0.05) is 31.0 Å². The van der Waals surface area contributed by atoms with Crippen LogP contribution in [0.15, 0.2) is 96.2 Å². The molecule has 2 heterocycles. The minimum atomic E-state index is -3.77. The fourth-order valence-corrected chi connectivity index (χ4v) is 6.99. The third kappa shape index (κ3) is 6.00. The van der Waals surface area contributed by atoms with Gasteiger partial charge in [-0.3, -0.25) is 14.7 Å². The average Bonchev–Trinajstić information content (AvgIpc) is 3.46. The number of aromatic nitrogens is 2. The van der Waals surface area contributed by atoms with Gasteiger partial charge in [0.1, 0.15) is 11.3 Å². The molecule has 5 aromatic rings. The number of benzene rings is 3. The maximum Gasteiger partial charge on any atom is 0.260 e. The van der Waals surface area contributed by atoms with Gasteiger partial charge in [-0.2, -0.15) is 4.31 Å². The smallest absolute Gasteiger partial charge is 0.260 e. The number of amides is 1. The summed E-state index contributed by atoms with van der Waals surface area (Å²) >= 11 is 1.41. The van der Waals surface area contributed by atoms with Crippen molar-refractivity contribution in [1.82, 2.24) is 14.3 Å². The first-order chi connectivity index (χ1) is 19.8. The summed E-state index contributed by atoms with van der Waals surface area (Å²) in [6, 6.07) is 23.1. The van der Waals surface area contributed by atoms with E-state index in [1.54, 1.807) is 36.5 Å². The second kappa shape index (κ2) is 12.2. The van der Waals surface area contributed by atoms with E-state index in [0.29, 0.717) is 28.5 Å². The van der Waals surface area contributed by atoms with Gasteiger partial charge in [-0.1, -0.05) is 60.7 Å². The SMILES string of the molecule is CCN(Cc1ccccc1)S(=O)(=O)c1ccc(C(=O)N(Cc2cccnc2)c2nc3c(OC)ccc(C)c3s2)cc1. The standard InChI is InChI=1S/C31H30N4O4S2/c1-4-34(20-23-9-6-5-7-10-23)41(37,38)26-15-13-25(14-16-26)30(36)35(21-24-11-8-18-32-19-24)31-33-28-27(39-3)17-12-22(2)29(28)40-31/h5-19H,4,20-21H2,1-3H3. The molecule has 5 rings (SSSR count). The summed E-state index contributed by atoms with van der Waals surface area (Å²) < 4.78 is 34.8. The number of nitrogens with zero attached hydrogens (tertiary/aromatic N) is 4. The van der Waals surface area contributed by atoms with E-state index in [4.69, 9.17) is 9.72 Å². The third-order valence-corrected chi connectivity index (χ3v) is 9.89. The van der Waals surface area contributed by atoms with E-state index in [1.165, 1.54) is 27.8 Å². The highest BCUT2D eigenvalue weighted by atomic mass is 32.2. The largest absolute Gasteiger partial charge is 0.494 e. The van der Waals surface area contributed by atoms with Gasteiger partial charge in [-0.05, 0) is 60.0 Å². The van der Waals surface area contributed by atoms with Crippen LogP contribution >= 0.6 is 11.3 Å². The van der Waals surface area contributed by atoms with E-state index in [-0.39, 0.29) is 23.9 Å². The van der Waals surface area contributed by atoms with Crippen molar-refractivity contribution in [2.24, 2.45) is 0 Å². The molecule has 1 amide bonds. The Morgan fingerprint density at radius 2 is 1.66 bits per heavy atom. The van der Waals surface area contributed by atoms with Gasteiger partial charge in [0.15, 0.2) is 5.13 Å². The fourth-order valence-electron chi connectivity index (χ4n) is 4.51. The van der Waals surface area contributed by atoms with Gasteiger partial charge in [-0.15, -0.1) is 0 Å². The fraction of sp³-hybridized carbons (Fsp3) is 0.194. The lowest BCUT2D eigenvalue weighted by molar-refractivity contribution is 0.0985. The molecule has 210 valence electrons. The Hall–Kier alpha value is -4.12. The molecule has 0 aliphatic carbocycles. The number of pyridine rings is 1. The minimum absolute atomic E-state index is 0.131. The second-order valence-corrected chi connectivity index (χ2v) is 12.4. The first-order valence-electron chi connectivity index (χ1n) is 13.1. The zero-order chi connectivity index (χ0) is 29.0. The number of rotatable bonds is 10. The lowest BCUT2D eigenvalue weighted by atomic mass is 10.2. The topological polar surface area (TPSA) is 92.7 Å². The van der Waals surface area contributed by atoms with Gasteiger partial charge in [0.2, 0.25) is 10.0 Å². The van der Waals surface area contributed by atoms with Gasteiger partial charge in [-0.25, -0.2) is 13.4 Å². The van der Waals surface area contributed by atoms with E-state index in [1.807, 2.05) is 68.4 Å². The van der Waals surface area contributed by atoms with Crippen LogP contribution in [-0.2, 0) is 23.1 Å². The van der Waals surface area contributed by atoms with E-state index in [2.05, 4.69) is 4.98 Å². The van der Waals surface area contributed by atoms with E-state index in [9.17, 15) is 13.2 Å². The van der Waals surface area contributed by atoms with Crippen LogP contribution in [0.5, 0.6) is 5.75 Å². The molecule has 0 spiro atoms. The summed E-state index contributed by atoms with van der Waals surface area (Å²) in [5.74, 6) is 0.331. The molecular formula is C31H30N4O4S2. The Kier molecular flexibility index (Phi) is 8.44. The van der Waals surface area contributed by atoms with E-state index in [0.717, 1.165) is 21.4 Å². The molecule has 0 saturated heterocycles. The molecule has 0 radical (unpaired) electrons. The maximum absolute atomic E-state index is 13.9. The number of hydrogen-bond donors (Lipinski definition) is 0. The van der Waals surface area contributed by atoms with Gasteiger partial charge in [0.25, 0.3) is 5.91 Å². The number of hydrogen-bond acceptors (Lipinski definition) is 7. The van der Waals surface area contributed by atoms with Crippen molar-refractivity contribution in [2.45, 2.75) is 31.8 Å². The van der Waals surface area contributed by atoms with Crippen molar-refractivity contribution in [2.75, 3.05) is 18.6 Å². The van der Waals surface area contributed by atoms with Crippen LogP contribution in [0.4, 0.5) is 5.13 Å². The van der Waals surface area contributed by atoms with Crippen LogP contribution < -0.4 is 9.64 Å². The number of carbonyl (C=O) groups is 1. The number of sulfonamides is 1. The van der Waals surface area contributed by atoms with Gasteiger partial charge < -0.3 is 4.74 Å². The van der Waals surface area contributed by atoms with Crippen molar-refractivity contribution in [3.8, 4) is 5.75 Å². The Bertz CT molecular complexity index is 1760. The van der Waals surface area contributed by atoms with Crippen LogP contribution in [0.3, 0.4) is 0 Å². The first kappa shape index (κ1) is 28.4. The van der Waals surface area contributed by atoms with Gasteiger partial charge in [0.05, 0.1) is 23.2 Å². The zero-order valence-corrected chi connectivity index (χ0v) is 24.7. The summed E-state index contributed by atoms with van der Waals surface area (Å²) in [6.07, 6.45) is 3.39. The summed E-state index contributed by atoms with van der Waals surface area (Å²) in [6.45, 7) is 4.63. The molecule has 0 atom stereocenters. The zero-order valence-electron chi connectivity index (χ0n) is 23.0. The Morgan fingerprint density at radius 1 is 0.927 bits per heavy atom. The molecule has 0 aliphatic heterocycles. The van der Waals surface area contributed by atoms with Crippen molar-refractivity contribution in [3.05, 3.63) is 114 Å². The molecule has 0 unspecified atom stereocenters. The lowest BCUT2D eigenvalue weighted by Crippen LogP contribution is -2.31. The first-order valence-corrected chi connectivity index (χ1v) is 15.4. The molecule has 0 bridgehead atoms. The second-order valence-electron chi connectivity index (χ2n) is 9.45. The van der Waals surface area contributed by atoms with Crippen LogP contribution in [0.25, 0.3) is 10.2 Å². The van der Waals surface area contributed by atoms with Crippen LogP contribution in [0.2, 0.25) is 0 Å². The predicted octanol–water partition coefficient (Wildman–Crippen LogP) is 6.07. The van der Waals surface area contributed by atoms with Gasteiger partial charge >= 0.3 is 0 Å². The summed E-state index contributed by atoms with van der Waals surface area (Å²) in [4.78, 5) is 24.7. The number of thiazole rings is 1. The highest BCUT2D eigenvalue weighted by Crippen LogP contribution is 2.37. The lowest BCUT2D eigenvalue weighted by Gasteiger charge is -2.22. The number of ether oxygens (including phenoxy) is 1. The van der Waals surface area contributed by atoms with Crippen molar-refractivity contribution in [3.63, 3.8) is 0 Å². The number of aryl methyl sites for hydroxylation is 1. The molecule has 41 heavy (non-hydrogen) atoms. The highest BCUT2D eigenvalue weighted by Gasteiger charge is 2.26. The molecule has 0 saturated carbocycles. The predicted molar refractivity (Wildman–Crippen MR) is 162 cm³/mol. The molecule has 0 fully saturated rings. The van der Waals surface area contributed by atoms with Crippen molar-refractivity contribution in [1.29, 1.82) is 0 Å². The molecule has 3 aromatic carbocycles. The number of carbonyl (C=O) groups excluding carboxylic acids is 1. The maximum atomic E-state index is 13.9. The molecule has 0 N–H and O–H groups in total. The molecular weight excluding hydrogens is 556 g/mol.